The number of aliphatic imine (C=N–C) groups is 1. The van der Waals surface area contributed by atoms with E-state index in [1.54, 1.807) is 11.3 Å². The molecule has 2 heterocycles. The van der Waals surface area contributed by atoms with Gasteiger partial charge in [-0.15, -0.1) is 35.3 Å². The molecule has 0 spiro atoms. The number of nitrogens with one attached hydrogen (secondary N) is 2. The number of piperazine rings is 1. The van der Waals surface area contributed by atoms with Gasteiger partial charge in [-0.2, -0.15) is 0 Å². The summed E-state index contributed by atoms with van der Waals surface area (Å²) in [5.74, 6) is 0.807. The van der Waals surface area contributed by atoms with Gasteiger partial charge in [0.2, 0.25) is 0 Å². The first-order valence-electron chi connectivity index (χ1n) is 10.5. The Kier molecular flexibility index (Phi) is 10.5. The molecule has 1 aliphatic heterocycles. The van der Waals surface area contributed by atoms with E-state index >= 15 is 0 Å². The molecule has 0 amide bonds. The fourth-order valence-electron chi connectivity index (χ4n) is 3.56. The molecule has 0 bridgehead atoms. The van der Waals surface area contributed by atoms with E-state index in [0.29, 0.717) is 6.54 Å². The van der Waals surface area contributed by atoms with Crippen molar-refractivity contribution in [3.63, 3.8) is 0 Å². The molecular weight excluding hydrogens is 507 g/mol. The van der Waals surface area contributed by atoms with Crippen molar-refractivity contribution in [1.29, 1.82) is 0 Å². The smallest absolute Gasteiger partial charge is 0.191 e. The second-order valence-electron chi connectivity index (χ2n) is 7.51. The Labute approximate surface area is 202 Å². The lowest BCUT2D eigenvalue weighted by Gasteiger charge is -2.34. The molecule has 0 unspecified atom stereocenters. The third kappa shape index (κ3) is 7.18. The molecule has 0 saturated carbocycles. The van der Waals surface area contributed by atoms with Crippen molar-refractivity contribution in [3.8, 4) is 0 Å². The van der Waals surface area contributed by atoms with Crippen LogP contribution in [0.3, 0.4) is 0 Å². The first-order valence-corrected chi connectivity index (χ1v) is 11.3. The summed E-state index contributed by atoms with van der Waals surface area (Å²) >= 11 is 1.74. The topological polar surface area (TPSA) is 55.8 Å². The van der Waals surface area contributed by atoms with Crippen LogP contribution in [0.25, 0.3) is 0 Å². The molecule has 1 aliphatic rings. The molecule has 2 aromatic rings. The van der Waals surface area contributed by atoms with E-state index in [1.807, 2.05) is 7.05 Å². The number of hydrogen-bond acceptors (Lipinski definition) is 5. The molecule has 30 heavy (non-hydrogen) atoms. The van der Waals surface area contributed by atoms with Gasteiger partial charge in [0.05, 0.1) is 12.2 Å². The molecule has 6 nitrogen and oxygen atoms in total. The van der Waals surface area contributed by atoms with Gasteiger partial charge in [-0.05, 0) is 31.5 Å². The van der Waals surface area contributed by atoms with Crippen LogP contribution in [0.5, 0.6) is 0 Å². The standard InChI is InChI=1S/C22H34N6S.HI/c1-5-27-10-12-28(13-11-27)16-20-9-7-6-8-19(20)14-24-22(23-4)25-15-21-26-17(2)18(3)29-21;/h6-9H,5,10-16H2,1-4H3,(H2,23,24,25);1H. The van der Waals surface area contributed by atoms with E-state index in [9.17, 15) is 0 Å². The Morgan fingerprint density at radius 1 is 1.03 bits per heavy atom. The maximum Gasteiger partial charge on any atom is 0.191 e. The van der Waals surface area contributed by atoms with Gasteiger partial charge >= 0.3 is 0 Å². The number of hydrogen-bond donors (Lipinski definition) is 2. The van der Waals surface area contributed by atoms with Crippen LogP contribution in [-0.2, 0) is 19.6 Å². The zero-order valence-electron chi connectivity index (χ0n) is 18.6. The summed E-state index contributed by atoms with van der Waals surface area (Å²) in [6.45, 7) is 14.7. The lowest BCUT2D eigenvalue weighted by atomic mass is 10.1. The third-order valence-electron chi connectivity index (χ3n) is 5.57. The quantitative estimate of drug-likeness (QED) is 0.319. The van der Waals surface area contributed by atoms with E-state index in [1.165, 1.54) is 29.1 Å². The normalized spacial score (nSPS) is 15.7. The fraction of sp³-hybridized carbons (Fsp3) is 0.545. The van der Waals surface area contributed by atoms with Crippen LogP contribution in [-0.4, -0.2) is 60.5 Å². The molecule has 166 valence electrons. The van der Waals surface area contributed by atoms with Crippen LogP contribution in [0.15, 0.2) is 29.3 Å². The predicted molar refractivity (Wildman–Crippen MR) is 138 cm³/mol. The van der Waals surface area contributed by atoms with Gasteiger partial charge in [-0.3, -0.25) is 9.89 Å². The minimum Gasteiger partial charge on any atom is -0.352 e. The van der Waals surface area contributed by atoms with Gasteiger partial charge < -0.3 is 15.5 Å². The summed E-state index contributed by atoms with van der Waals surface area (Å²) < 4.78 is 0. The molecule has 0 aliphatic carbocycles. The molecule has 1 aromatic heterocycles. The van der Waals surface area contributed by atoms with Crippen molar-refractivity contribution >= 4 is 41.3 Å². The summed E-state index contributed by atoms with van der Waals surface area (Å²) in [6, 6.07) is 8.72. The lowest BCUT2D eigenvalue weighted by Crippen LogP contribution is -2.45. The first kappa shape index (κ1) is 25.0. The molecule has 8 heteroatoms. The zero-order chi connectivity index (χ0) is 20.6. The van der Waals surface area contributed by atoms with Crippen LogP contribution >= 0.6 is 35.3 Å². The van der Waals surface area contributed by atoms with Crippen molar-refractivity contribution in [3.05, 3.63) is 51.0 Å². The fourth-order valence-corrected chi connectivity index (χ4v) is 4.44. The number of halogens is 1. The van der Waals surface area contributed by atoms with Gasteiger partial charge in [0.15, 0.2) is 5.96 Å². The molecular formula is C22H35IN6S. The number of guanidine groups is 1. The molecule has 3 rings (SSSR count). The second kappa shape index (κ2) is 12.6. The second-order valence-corrected chi connectivity index (χ2v) is 8.80. The molecule has 0 radical (unpaired) electrons. The zero-order valence-corrected chi connectivity index (χ0v) is 21.7. The highest BCUT2D eigenvalue weighted by Gasteiger charge is 2.16. The summed E-state index contributed by atoms with van der Waals surface area (Å²) in [4.78, 5) is 15.3. The largest absolute Gasteiger partial charge is 0.352 e. The number of benzene rings is 1. The number of likely N-dealkylation sites (N-methyl/N-ethyl adjacent to an activating group) is 1. The van der Waals surface area contributed by atoms with E-state index in [4.69, 9.17) is 0 Å². The summed E-state index contributed by atoms with van der Waals surface area (Å²) in [6.07, 6.45) is 0. The van der Waals surface area contributed by atoms with Crippen LogP contribution in [0.1, 0.15) is 33.6 Å². The number of nitrogens with zero attached hydrogens (tertiary/aromatic N) is 4. The van der Waals surface area contributed by atoms with Crippen LogP contribution in [0, 0.1) is 13.8 Å². The lowest BCUT2D eigenvalue weighted by molar-refractivity contribution is 0.131. The average Bonchev–Trinajstić information content (AvgIpc) is 3.07. The Bertz CT molecular complexity index is 794. The first-order chi connectivity index (χ1) is 14.1. The monoisotopic (exact) mass is 542 g/mol. The predicted octanol–water partition coefficient (Wildman–Crippen LogP) is 3.38. The van der Waals surface area contributed by atoms with Crippen molar-refractivity contribution in [2.75, 3.05) is 39.8 Å². The number of aromatic nitrogens is 1. The molecule has 1 fully saturated rings. The Morgan fingerprint density at radius 3 is 2.27 bits per heavy atom. The maximum absolute atomic E-state index is 4.59. The highest BCUT2D eigenvalue weighted by Crippen LogP contribution is 2.16. The third-order valence-corrected chi connectivity index (χ3v) is 6.65. The number of thiazole rings is 1. The van der Waals surface area contributed by atoms with Crippen molar-refractivity contribution < 1.29 is 0 Å². The molecule has 1 saturated heterocycles. The van der Waals surface area contributed by atoms with Gasteiger partial charge in [0.1, 0.15) is 5.01 Å². The van der Waals surface area contributed by atoms with E-state index in [2.05, 4.69) is 75.4 Å². The SMILES string of the molecule is CCN1CCN(Cc2ccccc2CNC(=NC)NCc2nc(C)c(C)s2)CC1.I. The summed E-state index contributed by atoms with van der Waals surface area (Å²) in [5, 5.41) is 7.93. The van der Waals surface area contributed by atoms with E-state index < -0.39 is 0 Å². The van der Waals surface area contributed by atoms with Gasteiger partial charge in [-0.1, -0.05) is 31.2 Å². The van der Waals surface area contributed by atoms with Crippen molar-refractivity contribution in [2.45, 2.75) is 40.4 Å². The minimum atomic E-state index is 0. The molecule has 1 aromatic carbocycles. The van der Waals surface area contributed by atoms with Crippen LogP contribution in [0.2, 0.25) is 0 Å². The van der Waals surface area contributed by atoms with Crippen LogP contribution < -0.4 is 10.6 Å². The van der Waals surface area contributed by atoms with Gasteiger partial charge in [-0.25, -0.2) is 4.98 Å². The minimum absolute atomic E-state index is 0. The average molecular weight is 543 g/mol. The summed E-state index contributed by atoms with van der Waals surface area (Å²) in [7, 11) is 1.81. The Hall–Kier alpha value is -1.23. The number of rotatable bonds is 7. The van der Waals surface area contributed by atoms with Crippen molar-refractivity contribution in [2.24, 2.45) is 4.99 Å². The maximum atomic E-state index is 4.59. The van der Waals surface area contributed by atoms with Crippen molar-refractivity contribution in [1.82, 2.24) is 25.4 Å². The Balaban J connectivity index is 0.00000320. The highest BCUT2D eigenvalue weighted by molar-refractivity contribution is 14.0. The van der Waals surface area contributed by atoms with E-state index in [-0.39, 0.29) is 24.0 Å². The Morgan fingerprint density at radius 2 is 1.67 bits per heavy atom. The molecule has 2 N–H and O–H groups in total. The molecule has 0 atom stereocenters. The van der Waals surface area contributed by atoms with Crippen LogP contribution in [0.4, 0.5) is 0 Å². The van der Waals surface area contributed by atoms with Gasteiger partial charge in [0, 0.05) is 51.2 Å². The highest BCUT2D eigenvalue weighted by atomic mass is 127. The van der Waals surface area contributed by atoms with Gasteiger partial charge in [0.25, 0.3) is 0 Å². The van der Waals surface area contributed by atoms with E-state index in [0.717, 1.165) is 49.4 Å². The number of aryl methyl sites for hydroxylation is 2. The summed E-state index contributed by atoms with van der Waals surface area (Å²) in [5.41, 5.74) is 3.84.